The van der Waals surface area contributed by atoms with Crippen LogP contribution in [0.25, 0.3) is 0 Å². The summed E-state index contributed by atoms with van der Waals surface area (Å²) in [5.41, 5.74) is 7.17. The van der Waals surface area contributed by atoms with Gasteiger partial charge in [-0.3, -0.25) is 4.99 Å². The molecule has 1 unspecified atom stereocenters. The number of pyridine rings is 1. The smallest absolute Gasteiger partial charge is 0.191 e. The molecule has 5 heteroatoms. The van der Waals surface area contributed by atoms with Gasteiger partial charge in [-0.05, 0) is 36.8 Å². The van der Waals surface area contributed by atoms with Crippen LogP contribution in [-0.4, -0.2) is 35.5 Å². The molecule has 2 rings (SSSR count). The maximum absolute atomic E-state index is 6.04. The number of hydrogen-bond donors (Lipinski definition) is 1. The fraction of sp³-hybridized carbons (Fsp3) is 0.571. The summed E-state index contributed by atoms with van der Waals surface area (Å²) in [7, 11) is 0. The molecule has 1 fully saturated rings. The van der Waals surface area contributed by atoms with E-state index in [-0.39, 0.29) is 0 Å². The average molecular weight is 281 g/mol. The normalized spacial score (nSPS) is 20.6. The Kier molecular flexibility index (Phi) is 5.02. The molecule has 4 nitrogen and oxygen atoms in total. The zero-order chi connectivity index (χ0) is 13.7. The molecule has 1 aromatic heterocycles. The summed E-state index contributed by atoms with van der Waals surface area (Å²) in [6, 6.07) is 3.78. The Bertz CT molecular complexity index is 430. The van der Waals surface area contributed by atoms with Gasteiger partial charge < -0.3 is 10.6 Å². The third-order valence-electron chi connectivity index (χ3n) is 3.44. The highest BCUT2D eigenvalue weighted by Crippen LogP contribution is 2.14. The van der Waals surface area contributed by atoms with Gasteiger partial charge in [0.2, 0.25) is 0 Å². The quantitative estimate of drug-likeness (QED) is 0.525. The molecule has 0 radical (unpaired) electrons. The van der Waals surface area contributed by atoms with Crippen LogP contribution in [0.15, 0.2) is 23.3 Å². The third-order valence-corrected chi connectivity index (χ3v) is 3.67. The summed E-state index contributed by atoms with van der Waals surface area (Å²) in [6.07, 6.45) is 5.13. The Morgan fingerprint density at radius 2 is 2.42 bits per heavy atom. The maximum Gasteiger partial charge on any atom is 0.191 e. The second-order valence-corrected chi connectivity index (χ2v) is 5.56. The average Bonchev–Trinajstić information content (AvgIpc) is 2.41. The fourth-order valence-corrected chi connectivity index (χ4v) is 2.46. The van der Waals surface area contributed by atoms with E-state index < -0.39 is 0 Å². The van der Waals surface area contributed by atoms with Gasteiger partial charge in [-0.1, -0.05) is 24.6 Å². The van der Waals surface area contributed by atoms with Crippen molar-refractivity contribution in [2.45, 2.75) is 26.2 Å². The van der Waals surface area contributed by atoms with Crippen LogP contribution >= 0.6 is 11.6 Å². The summed E-state index contributed by atoms with van der Waals surface area (Å²) in [6.45, 7) is 5.01. The molecular formula is C14H21ClN4. The Morgan fingerprint density at radius 3 is 3.11 bits per heavy atom. The van der Waals surface area contributed by atoms with E-state index in [2.05, 4.69) is 21.8 Å². The first-order chi connectivity index (χ1) is 9.15. The van der Waals surface area contributed by atoms with Gasteiger partial charge in [0.05, 0.1) is 0 Å². The largest absolute Gasteiger partial charge is 0.370 e. The highest BCUT2D eigenvalue weighted by Gasteiger charge is 2.17. The van der Waals surface area contributed by atoms with Crippen molar-refractivity contribution in [1.29, 1.82) is 0 Å². The predicted molar refractivity (Wildman–Crippen MR) is 79.4 cm³/mol. The molecule has 2 heterocycles. The molecule has 1 aromatic rings. The second kappa shape index (κ2) is 6.75. The first-order valence-corrected chi connectivity index (χ1v) is 7.18. The van der Waals surface area contributed by atoms with Gasteiger partial charge in [0.25, 0.3) is 0 Å². The second-order valence-electron chi connectivity index (χ2n) is 5.17. The zero-order valence-electron chi connectivity index (χ0n) is 11.3. The molecular weight excluding hydrogens is 260 g/mol. The van der Waals surface area contributed by atoms with Crippen molar-refractivity contribution in [2.75, 3.05) is 19.6 Å². The zero-order valence-corrected chi connectivity index (χ0v) is 12.1. The lowest BCUT2D eigenvalue weighted by molar-refractivity contribution is 0.270. The van der Waals surface area contributed by atoms with Crippen LogP contribution in [0.5, 0.6) is 0 Å². The molecule has 0 aliphatic carbocycles. The number of likely N-dealkylation sites (tertiary alicyclic amines) is 1. The van der Waals surface area contributed by atoms with E-state index in [4.69, 9.17) is 17.3 Å². The molecule has 2 N–H and O–H groups in total. The van der Waals surface area contributed by atoms with Crippen molar-refractivity contribution >= 4 is 17.6 Å². The van der Waals surface area contributed by atoms with Crippen LogP contribution in [-0.2, 0) is 6.42 Å². The summed E-state index contributed by atoms with van der Waals surface area (Å²) in [5, 5.41) is 0.522. The molecule has 1 aliphatic heterocycles. The Morgan fingerprint density at radius 1 is 1.58 bits per heavy atom. The lowest BCUT2D eigenvalue weighted by Crippen LogP contribution is -2.43. The molecule has 0 amide bonds. The molecule has 0 aromatic carbocycles. The number of rotatable bonds is 3. The van der Waals surface area contributed by atoms with Gasteiger partial charge >= 0.3 is 0 Å². The van der Waals surface area contributed by atoms with Crippen LogP contribution in [0.3, 0.4) is 0 Å². The minimum atomic E-state index is 0.522. The first-order valence-electron chi connectivity index (χ1n) is 6.80. The number of piperidine rings is 1. The first kappa shape index (κ1) is 14.1. The molecule has 0 saturated carbocycles. The van der Waals surface area contributed by atoms with E-state index in [0.29, 0.717) is 23.6 Å². The van der Waals surface area contributed by atoms with Crippen LogP contribution in [0.1, 0.15) is 25.3 Å². The fourth-order valence-electron chi connectivity index (χ4n) is 2.35. The highest BCUT2D eigenvalue weighted by molar-refractivity contribution is 6.29. The monoisotopic (exact) mass is 280 g/mol. The van der Waals surface area contributed by atoms with Gasteiger partial charge in [-0.2, -0.15) is 0 Å². The topological polar surface area (TPSA) is 54.5 Å². The molecule has 0 spiro atoms. The van der Waals surface area contributed by atoms with Crippen LogP contribution in [0, 0.1) is 5.92 Å². The molecule has 104 valence electrons. The lowest BCUT2D eigenvalue weighted by atomic mass is 10.0. The van der Waals surface area contributed by atoms with Crippen LogP contribution in [0.2, 0.25) is 5.15 Å². The number of aliphatic imine (C=N–C) groups is 1. The molecule has 1 saturated heterocycles. The van der Waals surface area contributed by atoms with E-state index in [0.717, 1.165) is 25.1 Å². The number of hydrogen-bond acceptors (Lipinski definition) is 2. The predicted octanol–water partition coefficient (Wildman–Crippen LogP) is 2.32. The highest BCUT2D eigenvalue weighted by atomic mass is 35.5. The lowest BCUT2D eigenvalue weighted by Gasteiger charge is -2.31. The van der Waals surface area contributed by atoms with Crippen LogP contribution < -0.4 is 5.73 Å². The summed E-state index contributed by atoms with van der Waals surface area (Å²) >= 11 is 5.75. The number of guanidine groups is 1. The standard InChI is InChI=1S/C14H21ClN4/c1-11-3-2-8-19(10-11)14(16)17-7-6-12-4-5-13(15)18-9-12/h4-5,9,11H,2-3,6-8,10H2,1H3,(H2,16,17). The van der Waals surface area contributed by atoms with Gasteiger partial charge in [0.15, 0.2) is 5.96 Å². The third kappa shape index (κ3) is 4.39. The molecule has 0 bridgehead atoms. The van der Waals surface area contributed by atoms with Crippen molar-refractivity contribution in [2.24, 2.45) is 16.6 Å². The number of nitrogens with two attached hydrogens (primary N) is 1. The Labute approximate surface area is 119 Å². The van der Waals surface area contributed by atoms with Crippen molar-refractivity contribution in [3.63, 3.8) is 0 Å². The number of aromatic nitrogens is 1. The van der Waals surface area contributed by atoms with E-state index in [1.165, 1.54) is 12.8 Å². The number of nitrogens with zero attached hydrogens (tertiary/aromatic N) is 3. The van der Waals surface area contributed by atoms with Crippen molar-refractivity contribution < 1.29 is 0 Å². The minimum Gasteiger partial charge on any atom is -0.370 e. The summed E-state index contributed by atoms with van der Waals surface area (Å²) < 4.78 is 0. The van der Waals surface area contributed by atoms with E-state index in [9.17, 15) is 0 Å². The summed E-state index contributed by atoms with van der Waals surface area (Å²) in [5.74, 6) is 1.39. The van der Waals surface area contributed by atoms with Gasteiger partial charge in [-0.25, -0.2) is 4.98 Å². The maximum atomic E-state index is 6.04. The SMILES string of the molecule is CC1CCCN(C(N)=NCCc2ccc(Cl)nc2)C1. The van der Waals surface area contributed by atoms with Gasteiger partial charge in [-0.15, -0.1) is 0 Å². The van der Waals surface area contributed by atoms with Gasteiger partial charge in [0.1, 0.15) is 5.15 Å². The Hall–Kier alpha value is -1.29. The van der Waals surface area contributed by atoms with Crippen molar-refractivity contribution in [3.8, 4) is 0 Å². The van der Waals surface area contributed by atoms with E-state index >= 15 is 0 Å². The van der Waals surface area contributed by atoms with Crippen molar-refractivity contribution in [3.05, 3.63) is 29.0 Å². The van der Waals surface area contributed by atoms with E-state index in [1.807, 2.05) is 6.07 Å². The number of halogens is 1. The van der Waals surface area contributed by atoms with Crippen LogP contribution in [0.4, 0.5) is 0 Å². The van der Waals surface area contributed by atoms with Gasteiger partial charge in [0, 0.05) is 25.8 Å². The molecule has 19 heavy (non-hydrogen) atoms. The molecule has 1 aliphatic rings. The molecule has 1 atom stereocenters. The summed E-state index contributed by atoms with van der Waals surface area (Å²) in [4.78, 5) is 10.7. The van der Waals surface area contributed by atoms with Crippen molar-refractivity contribution in [1.82, 2.24) is 9.88 Å². The minimum absolute atomic E-state index is 0.522. The Balaban J connectivity index is 1.82. The van der Waals surface area contributed by atoms with E-state index in [1.54, 1.807) is 12.3 Å².